The molecule has 1 aromatic rings. The van der Waals surface area contributed by atoms with E-state index in [1.165, 1.54) is 12.3 Å². The first-order valence-corrected chi connectivity index (χ1v) is 5.56. The zero-order chi connectivity index (χ0) is 12.5. The van der Waals surface area contributed by atoms with Crippen molar-refractivity contribution >= 4 is 11.5 Å². The van der Waals surface area contributed by atoms with E-state index < -0.39 is 10.5 Å². The summed E-state index contributed by atoms with van der Waals surface area (Å²) in [5.74, 6) is 0.728. The Balaban J connectivity index is 2.06. The maximum Gasteiger partial charge on any atom is 0.287 e. The summed E-state index contributed by atoms with van der Waals surface area (Å²) in [7, 11) is 0. The highest BCUT2D eigenvalue weighted by Gasteiger charge is 2.27. The van der Waals surface area contributed by atoms with Gasteiger partial charge in [0.15, 0.2) is 0 Å². The zero-order valence-corrected chi connectivity index (χ0v) is 9.67. The molecule has 0 saturated carbocycles. The first-order chi connectivity index (χ1) is 7.98. The Labute approximate surface area is 99.0 Å². The van der Waals surface area contributed by atoms with E-state index in [9.17, 15) is 15.2 Å². The lowest BCUT2D eigenvalue weighted by atomic mass is 9.94. The minimum absolute atomic E-state index is 0.00208. The summed E-state index contributed by atoms with van der Waals surface area (Å²) in [4.78, 5) is 16.1. The number of piperidine rings is 1. The Morgan fingerprint density at radius 3 is 2.59 bits per heavy atom. The third kappa shape index (κ3) is 2.71. The predicted octanol–water partition coefficient (Wildman–Crippen LogP) is 1.34. The lowest BCUT2D eigenvalue weighted by molar-refractivity contribution is -0.385. The van der Waals surface area contributed by atoms with Gasteiger partial charge in [0.05, 0.1) is 10.5 Å². The SMILES string of the molecule is CC1(O)CCN(c2ccc([N+](=O)[O-])cn2)CC1. The van der Waals surface area contributed by atoms with Crippen LogP contribution in [0.25, 0.3) is 0 Å². The van der Waals surface area contributed by atoms with Gasteiger partial charge in [-0.15, -0.1) is 0 Å². The highest BCUT2D eigenvalue weighted by molar-refractivity contribution is 5.43. The molecule has 1 fully saturated rings. The van der Waals surface area contributed by atoms with Crippen LogP contribution in [0, 0.1) is 10.1 Å². The molecule has 1 aliphatic heterocycles. The summed E-state index contributed by atoms with van der Waals surface area (Å²) in [6.07, 6.45) is 2.64. The number of nitro groups is 1. The van der Waals surface area contributed by atoms with E-state index in [1.54, 1.807) is 6.07 Å². The van der Waals surface area contributed by atoms with E-state index in [2.05, 4.69) is 4.98 Å². The number of anilines is 1. The third-order valence-corrected chi connectivity index (χ3v) is 3.11. The van der Waals surface area contributed by atoms with Crippen LogP contribution in [0.1, 0.15) is 19.8 Å². The van der Waals surface area contributed by atoms with Gasteiger partial charge in [0.25, 0.3) is 5.69 Å². The minimum atomic E-state index is -0.600. The molecular weight excluding hydrogens is 222 g/mol. The van der Waals surface area contributed by atoms with Crippen LogP contribution in [0.5, 0.6) is 0 Å². The standard InChI is InChI=1S/C11H15N3O3/c1-11(15)4-6-13(7-5-11)10-3-2-9(8-12-10)14(16)17/h2-3,8,15H,4-7H2,1H3. The van der Waals surface area contributed by atoms with Crippen LogP contribution in [0.15, 0.2) is 18.3 Å². The Bertz CT molecular complexity index is 406. The van der Waals surface area contributed by atoms with E-state index in [4.69, 9.17) is 0 Å². The fourth-order valence-corrected chi connectivity index (χ4v) is 1.89. The molecule has 17 heavy (non-hydrogen) atoms. The Kier molecular flexibility index (Phi) is 2.97. The molecule has 6 nitrogen and oxygen atoms in total. The second-order valence-corrected chi connectivity index (χ2v) is 4.62. The number of rotatable bonds is 2. The van der Waals surface area contributed by atoms with Crippen molar-refractivity contribution in [1.29, 1.82) is 0 Å². The second-order valence-electron chi connectivity index (χ2n) is 4.62. The summed E-state index contributed by atoms with van der Waals surface area (Å²) in [5, 5.41) is 20.3. The Hall–Kier alpha value is -1.69. The second kappa shape index (κ2) is 4.29. The largest absolute Gasteiger partial charge is 0.390 e. The number of nitrogens with zero attached hydrogens (tertiary/aromatic N) is 3. The fraction of sp³-hybridized carbons (Fsp3) is 0.545. The summed E-state index contributed by atoms with van der Waals surface area (Å²) in [6, 6.07) is 3.10. The van der Waals surface area contributed by atoms with Crippen molar-refractivity contribution in [3.05, 3.63) is 28.4 Å². The lowest BCUT2D eigenvalue weighted by Gasteiger charge is -2.36. The van der Waals surface area contributed by atoms with Crippen molar-refractivity contribution < 1.29 is 10.0 Å². The Morgan fingerprint density at radius 1 is 1.47 bits per heavy atom. The maximum atomic E-state index is 10.5. The zero-order valence-electron chi connectivity index (χ0n) is 9.67. The van der Waals surface area contributed by atoms with Crippen molar-refractivity contribution in [3.8, 4) is 0 Å². The molecule has 0 unspecified atom stereocenters. The molecule has 0 aliphatic carbocycles. The van der Waals surface area contributed by atoms with Crippen molar-refractivity contribution in [3.63, 3.8) is 0 Å². The fourth-order valence-electron chi connectivity index (χ4n) is 1.89. The van der Waals surface area contributed by atoms with Gasteiger partial charge in [-0.1, -0.05) is 0 Å². The topological polar surface area (TPSA) is 79.5 Å². The van der Waals surface area contributed by atoms with E-state index >= 15 is 0 Å². The van der Waals surface area contributed by atoms with Crippen LogP contribution in [-0.4, -0.2) is 33.7 Å². The molecule has 0 atom stereocenters. The van der Waals surface area contributed by atoms with Crippen LogP contribution in [0.3, 0.4) is 0 Å². The van der Waals surface area contributed by atoms with Gasteiger partial charge in [-0.2, -0.15) is 0 Å². The monoisotopic (exact) mass is 237 g/mol. The molecule has 0 spiro atoms. The van der Waals surface area contributed by atoms with Gasteiger partial charge in [-0.3, -0.25) is 10.1 Å². The smallest absolute Gasteiger partial charge is 0.287 e. The van der Waals surface area contributed by atoms with Crippen molar-refractivity contribution in [2.45, 2.75) is 25.4 Å². The molecule has 6 heteroatoms. The summed E-state index contributed by atoms with van der Waals surface area (Å²) in [5.41, 5.74) is -0.602. The molecule has 1 saturated heterocycles. The van der Waals surface area contributed by atoms with Gasteiger partial charge >= 0.3 is 0 Å². The van der Waals surface area contributed by atoms with Crippen molar-refractivity contribution in [1.82, 2.24) is 4.98 Å². The predicted molar refractivity (Wildman–Crippen MR) is 63.0 cm³/mol. The van der Waals surface area contributed by atoms with Gasteiger partial charge < -0.3 is 10.0 Å². The number of hydrogen-bond acceptors (Lipinski definition) is 5. The molecule has 0 bridgehead atoms. The van der Waals surface area contributed by atoms with Crippen LogP contribution in [0.4, 0.5) is 11.5 Å². The molecule has 92 valence electrons. The molecule has 1 aliphatic rings. The average molecular weight is 237 g/mol. The van der Waals surface area contributed by atoms with E-state index in [1.807, 2.05) is 11.8 Å². The van der Waals surface area contributed by atoms with Gasteiger partial charge in [0.2, 0.25) is 0 Å². The number of pyridine rings is 1. The molecule has 2 rings (SSSR count). The molecule has 2 heterocycles. The van der Waals surface area contributed by atoms with E-state index in [0.717, 1.165) is 18.9 Å². The number of aliphatic hydroxyl groups is 1. The first-order valence-electron chi connectivity index (χ1n) is 5.56. The summed E-state index contributed by atoms with van der Waals surface area (Å²) < 4.78 is 0. The van der Waals surface area contributed by atoms with Crippen LogP contribution in [0.2, 0.25) is 0 Å². The van der Waals surface area contributed by atoms with Crippen molar-refractivity contribution in [2.75, 3.05) is 18.0 Å². The maximum absolute atomic E-state index is 10.5. The quantitative estimate of drug-likeness (QED) is 0.620. The Morgan fingerprint density at radius 2 is 2.12 bits per heavy atom. The average Bonchev–Trinajstić information content (AvgIpc) is 2.29. The summed E-state index contributed by atoms with van der Waals surface area (Å²) in [6.45, 7) is 3.27. The summed E-state index contributed by atoms with van der Waals surface area (Å²) >= 11 is 0. The normalized spacial score (nSPS) is 19.1. The van der Waals surface area contributed by atoms with Crippen molar-refractivity contribution in [2.24, 2.45) is 0 Å². The molecule has 0 amide bonds. The third-order valence-electron chi connectivity index (χ3n) is 3.11. The highest BCUT2D eigenvalue weighted by atomic mass is 16.6. The molecule has 1 N–H and O–H groups in total. The minimum Gasteiger partial charge on any atom is -0.390 e. The lowest BCUT2D eigenvalue weighted by Crippen LogP contribution is -2.42. The van der Waals surface area contributed by atoms with E-state index in [-0.39, 0.29) is 5.69 Å². The number of hydrogen-bond donors (Lipinski definition) is 1. The van der Waals surface area contributed by atoms with E-state index in [0.29, 0.717) is 12.8 Å². The van der Waals surface area contributed by atoms with Gasteiger partial charge in [0, 0.05) is 19.2 Å². The highest BCUT2D eigenvalue weighted by Crippen LogP contribution is 2.25. The molecule has 0 aromatic carbocycles. The molecular formula is C11H15N3O3. The van der Waals surface area contributed by atoms with Crippen LogP contribution < -0.4 is 4.90 Å². The first kappa shape index (κ1) is 11.8. The molecule has 0 radical (unpaired) electrons. The van der Waals surface area contributed by atoms with Crippen LogP contribution >= 0.6 is 0 Å². The van der Waals surface area contributed by atoms with Crippen LogP contribution in [-0.2, 0) is 0 Å². The van der Waals surface area contributed by atoms with Gasteiger partial charge in [-0.25, -0.2) is 4.98 Å². The van der Waals surface area contributed by atoms with Gasteiger partial charge in [0.1, 0.15) is 12.0 Å². The molecule has 1 aromatic heterocycles. The number of aromatic nitrogens is 1. The van der Waals surface area contributed by atoms with Gasteiger partial charge in [-0.05, 0) is 25.8 Å².